The standard InChI is InChI=1S/C18H21FN6O2/c19-13-3-5-15(6-4-13)24-8-1-2-16(18(24)27)25-12-14(21-22-25)11-23-9-7-20-10-17(23)26/h3-6,12,16,20H,1-2,7-11H2. The molecule has 2 aliphatic rings. The SMILES string of the molecule is O=C1CNCCN1Cc1cn(C2CCCN(c3ccc(F)cc3)C2=O)nn1. The van der Waals surface area contributed by atoms with Crippen LogP contribution in [0.4, 0.5) is 10.1 Å². The number of halogens is 1. The predicted molar refractivity (Wildman–Crippen MR) is 95.3 cm³/mol. The van der Waals surface area contributed by atoms with Crippen molar-refractivity contribution in [3.8, 4) is 0 Å². The van der Waals surface area contributed by atoms with Gasteiger partial charge in [0.15, 0.2) is 0 Å². The van der Waals surface area contributed by atoms with Crippen molar-refractivity contribution >= 4 is 17.5 Å². The number of hydrogen-bond donors (Lipinski definition) is 1. The highest BCUT2D eigenvalue weighted by molar-refractivity contribution is 5.96. The van der Waals surface area contributed by atoms with Gasteiger partial charge in [-0.05, 0) is 37.1 Å². The normalized spacial score (nSPS) is 21.0. The van der Waals surface area contributed by atoms with Crippen LogP contribution in [-0.4, -0.2) is 57.9 Å². The minimum absolute atomic E-state index is 0.0343. The molecule has 2 amide bonds. The van der Waals surface area contributed by atoms with E-state index in [0.717, 1.165) is 13.0 Å². The van der Waals surface area contributed by atoms with Crippen LogP contribution in [0, 0.1) is 5.82 Å². The zero-order valence-electron chi connectivity index (χ0n) is 14.8. The van der Waals surface area contributed by atoms with E-state index in [0.29, 0.717) is 44.0 Å². The van der Waals surface area contributed by atoms with Gasteiger partial charge in [-0.2, -0.15) is 0 Å². The molecule has 142 valence electrons. The number of hydrogen-bond acceptors (Lipinski definition) is 5. The second-order valence-electron chi connectivity index (χ2n) is 6.81. The van der Waals surface area contributed by atoms with E-state index in [4.69, 9.17) is 0 Å². The molecular formula is C18H21FN6O2. The van der Waals surface area contributed by atoms with Crippen molar-refractivity contribution in [2.45, 2.75) is 25.4 Å². The third-order valence-corrected chi connectivity index (χ3v) is 4.97. The Bertz CT molecular complexity index is 837. The molecule has 4 rings (SSSR count). The first-order chi connectivity index (χ1) is 13.1. The first-order valence-corrected chi connectivity index (χ1v) is 9.08. The highest BCUT2D eigenvalue weighted by Crippen LogP contribution is 2.27. The molecule has 3 heterocycles. The number of piperazine rings is 1. The molecule has 8 nitrogen and oxygen atoms in total. The maximum atomic E-state index is 13.2. The van der Waals surface area contributed by atoms with Gasteiger partial charge in [0.2, 0.25) is 5.91 Å². The Morgan fingerprint density at radius 1 is 1.19 bits per heavy atom. The van der Waals surface area contributed by atoms with Crippen molar-refractivity contribution in [3.05, 3.63) is 42.0 Å². The summed E-state index contributed by atoms with van der Waals surface area (Å²) < 4.78 is 14.7. The summed E-state index contributed by atoms with van der Waals surface area (Å²) in [5, 5.41) is 11.3. The van der Waals surface area contributed by atoms with Gasteiger partial charge in [0.05, 0.1) is 19.3 Å². The topological polar surface area (TPSA) is 83.4 Å². The molecule has 1 aromatic carbocycles. The number of aromatic nitrogens is 3. The fraction of sp³-hybridized carbons (Fsp3) is 0.444. The quantitative estimate of drug-likeness (QED) is 0.855. The van der Waals surface area contributed by atoms with Gasteiger partial charge >= 0.3 is 0 Å². The minimum Gasteiger partial charge on any atom is -0.334 e. The summed E-state index contributed by atoms with van der Waals surface area (Å²) in [6, 6.07) is 5.48. The Morgan fingerprint density at radius 3 is 2.78 bits per heavy atom. The van der Waals surface area contributed by atoms with Crippen LogP contribution in [0.3, 0.4) is 0 Å². The Morgan fingerprint density at radius 2 is 2.00 bits per heavy atom. The van der Waals surface area contributed by atoms with Gasteiger partial charge in [0, 0.05) is 25.3 Å². The van der Waals surface area contributed by atoms with Gasteiger partial charge in [-0.25, -0.2) is 9.07 Å². The van der Waals surface area contributed by atoms with Crippen molar-refractivity contribution < 1.29 is 14.0 Å². The van der Waals surface area contributed by atoms with E-state index < -0.39 is 6.04 Å². The molecule has 2 saturated heterocycles. The van der Waals surface area contributed by atoms with Crippen LogP contribution in [0.5, 0.6) is 0 Å². The molecule has 1 N–H and O–H groups in total. The summed E-state index contributed by atoms with van der Waals surface area (Å²) >= 11 is 0. The predicted octanol–water partition coefficient (Wildman–Crippen LogP) is 0.717. The highest BCUT2D eigenvalue weighted by Gasteiger charge is 2.32. The lowest BCUT2D eigenvalue weighted by Crippen LogP contribution is -2.47. The number of nitrogens with zero attached hydrogens (tertiary/aromatic N) is 5. The van der Waals surface area contributed by atoms with E-state index in [2.05, 4.69) is 15.6 Å². The number of rotatable bonds is 4. The van der Waals surface area contributed by atoms with Crippen LogP contribution in [0.2, 0.25) is 0 Å². The monoisotopic (exact) mass is 372 g/mol. The summed E-state index contributed by atoms with van der Waals surface area (Å²) in [6.45, 7) is 2.71. The van der Waals surface area contributed by atoms with Crippen molar-refractivity contribution in [2.75, 3.05) is 31.1 Å². The fourth-order valence-corrected chi connectivity index (χ4v) is 3.53. The Kier molecular flexibility index (Phi) is 4.85. The number of carbonyl (C=O) groups is 2. The molecule has 1 aromatic heterocycles. The van der Waals surface area contributed by atoms with Gasteiger partial charge in [0.1, 0.15) is 17.6 Å². The molecule has 0 aliphatic carbocycles. The maximum Gasteiger partial charge on any atom is 0.251 e. The van der Waals surface area contributed by atoms with Crippen LogP contribution in [-0.2, 0) is 16.1 Å². The highest BCUT2D eigenvalue weighted by atomic mass is 19.1. The summed E-state index contributed by atoms with van der Waals surface area (Å²) in [6.07, 6.45) is 3.23. The van der Waals surface area contributed by atoms with Crippen LogP contribution < -0.4 is 10.2 Å². The fourth-order valence-electron chi connectivity index (χ4n) is 3.53. The lowest BCUT2D eigenvalue weighted by atomic mass is 10.0. The minimum atomic E-state index is -0.441. The molecule has 2 aromatic rings. The Labute approximate surface area is 155 Å². The molecule has 0 saturated carbocycles. The number of anilines is 1. The molecule has 1 atom stereocenters. The number of piperidine rings is 1. The van der Waals surface area contributed by atoms with Crippen molar-refractivity contribution in [2.24, 2.45) is 0 Å². The van der Waals surface area contributed by atoms with E-state index in [1.165, 1.54) is 12.1 Å². The molecule has 1 unspecified atom stereocenters. The third kappa shape index (κ3) is 3.68. The number of benzene rings is 1. The first kappa shape index (κ1) is 17.6. The van der Waals surface area contributed by atoms with E-state index in [1.807, 2.05) is 0 Å². The smallest absolute Gasteiger partial charge is 0.251 e. The molecular weight excluding hydrogens is 351 g/mol. The lowest BCUT2D eigenvalue weighted by Gasteiger charge is -2.32. The van der Waals surface area contributed by atoms with Crippen LogP contribution in [0.15, 0.2) is 30.5 Å². The van der Waals surface area contributed by atoms with Crippen LogP contribution in [0.25, 0.3) is 0 Å². The second-order valence-corrected chi connectivity index (χ2v) is 6.81. The average molecular weight is 372 g/mol. The maximum absolute atomic E-state index is 13.2. The van der Waals surface area contributed by atoms with Gasteiger partial charge in [-0.15, -0.1) is 5.10 Å². The molecule has 2 fully saturated rings. The van der Waals surface area contributed by atoms with E-state index >= 15 is 0 Å². The zero-order valence-corrected chi connectivity index (χ0v) is 14.8. The lowest BCUT2D eigenvalue weighted by molar-refractivity contribution is -0.132. The van der Waals surface area contributed by atoms with Gasteiger partial charge in [-0.3, -0.25) is 9.59 Å². The summed E-state index contributed by atoms with van der Waals surface area (Å²) in [5.41, 5.74) is 1.34. The van der Waals surface area contributed by atoms with Gasteiger partial charge < -0.3 is 15.1 Å². The number of nitrogens with one attached hydrogen (secondary N) is 1. The number of carbonyl (C=O) groups excluding carboxylic acids is 2. The van der Waals surface area contributed by atoms with Crippen LogP contribution in [0.1, 0.15) is 24.6 Å². The van der Waals surface area contributed by atoms with E-state index in [9.17, 15) is 14.0 Å². The van der Waals surface area contributed by atoms with Crippen molar-refractivity contribution in [1.29, 1.82) is 0 Å². The van der Waals surface area contributed by atoms with Crippen molar-refractivity contribution in [3.63, 3.8) is 0 Å². The molecule has 2 aliphatic heterocycles. The largest absolute Gasteiger partial charge is 0.334 e. The Balaban J connectivity index is 1.48. The third-order valence-electron chi connectivity index (χ3n) is 4.97. The molecule has 0 radical (unpaired) electrons. The average Bonchev–Trinajstić information content (AvgIpc) is 3.13. The van der Waals surface area contributed by atoms with Crippen LogP contribution >= 0.6 is 0 Å². The number of amides is 2. The van der Waals surface area contributed by atoms with Gasteiger partial charge in [0.25, 0.3) is 5.91 Å². The second kappa shape index (κ2) is 7.43. The van der Waals surface area contributed by atoms with E-state index in [-0.39, 0.29) is 17.6 Å². The molecule has 27 heavy (non-hydrogen) atoms. The summed E-state index contributed by atoms with van der Waals surface area (Å²) in [5.74, 6) is -0.377. The summed E-state index contributed by atoms with van der Waals surface area (Å²) in [4.78, 5) is 28.2. The Hall–Kier alpha value is -2.81. The molecule has 9 heteroatoms. The van der Waals surface area contributed by atoms with Gasteiger partial charge in [-0.1, -0.05) is 5.21 Å². The summed E-state index contributed by atoms with van der Waals surface area (Å²) in [7, 11) is 0. The van der Waals surface area contributed by atoms with E-state index in [1.54, 1.807) is 32.8 Å². The first-order valence-electron chi connectivity index (χ1n) is 9.08. The van der Waals surface area contributed by atoms with Crippen molar-refractivity contribution in [1.82, 2.24) is 25.2 Å². The molecule has 0 bridgehead atoms. The zero-order chi connectivity index (χ0) is 18.8. The molecule has 0 spiro atoms.